The Labute approximate surface area is 197 Å². The summed E-state index contributed by atoms with van der Waals surface area (Å²) in [5.74, 6) is -1.81. The summed E-state index contributed by atoms with van der Waals surface area (Å²) in [7, 11) is 0. The smallest absolute Gasteiger partial charge is 0.348 e. The number of esters is 2. The van der Waals surface area contributed by atoms with E-state index in [9.17, 15) is 14.4 Å². The number of carbonyl (C=O) groups is 3. The van der Waals surface area contributed by atoms with Crippen LogP contribution in [0.2, 0.25) is 0 Å². The molecule has 1 amide bonds. The zero-order chi connectivity index (χ0) is 24.7. The largest absolute Gasteiger partial charge is 0.494 e. The summed E-state index contributed by atoms with van der Waals surface area (Å²) in [5, 5.41) is 2.74. The van der Waals surface area contributed by atoms with E-state index in [1.807, 2.05) is 6.92 Å². The van der Waals surface area contributed by atoms with E-state index in [1.54, 1.807) is 49.4 Å². The van der Waals surface area contributed by atoms with Crippen molar-refractivity contribution in [2.45, 2.75) is 33.5 Å². The van der Waals surface area contributed by atoms with Gasteiger partial charge in [0.2, 0.25) is 0 Å². The summed E-state index contributed by atoms with van der Waals surface area (Å²) >= 11 is 0. The second kappa shape index (κ2) is 10.7. The monoisotopic (exact) mass is 469 g/mol. The van der Waals surface area contributed by atoms with Gasteiger partial charge in [0.25, 0.3) is 11.7 Å². The molecule has 9 heteroatoms. The molecule has 34 heavy (non-hydrogen) atoms. The number of rotatable bonds is 9. The Hall–Kier alpha value is -4.01. The van der Waals surface area contributed by atoms with Crippen molar-refractivity contribution in [3.8, 4) is 17.2 Å². The maximum absolute atomic E-state index is 12.3. The molecular weight excluding hydrogens is 442 g/mol. The first kappa shape index (κ1) is 24.6. The molecule has 0 aliphatic carbocycles. The second-order valence-corrected chi connectivity index (χ2v) is 7.67. The SMILES string of the molecule is CCOc1ccc(NC(=O)COc2ccc(C=C3C(=O)OC(C)(C)OC3=O)cc2OCC)cc1. The molecule has 3 rings (SSSR count). The lowest BCUT2D eigenvalue weighted by molar-refractivity contribution is -0.222. The zero-order valence-corrected chi connectivity index (χ0v) is 19.5. The number of hydrogen-bond donors (Lipinski definition) is 1. The maximum atomic E-state index is 12.3. The predicted octanol–water partition coefficient (Wildman–Crippen LogP) is 3.72. The van der Waals surface area contributed by atoms with Gasteiger partial charge in [0.05, 0.1) is 13.2 Å². The van der Waals surface area contributed by atoms with Gasteiger partial charge < -0.3 is 29.0 Å². The minimum absolute atomic E-state index is 0.231. The number of ether oxygens (including phenoxy) is 5. The number of amides is 1. The van der Waals surface area contributed by atoms with E-state index < -0.39 is 17.7 Å². The molecule has 1 aliphatic rings. The Balaban J connectivity index is 1.67. The molecule has 0 aromatic heterocycles. The van der Waals surface area contributed by atoms with Gasteiger partial charge in [0.15, 0.2) is 18.1 Å². The minimum Gasteiger partial charge on any atom is -0.494 e. The van der Waals surface area contributed by atoms with Crippen molar-refractivity contribution in [1.29, 1.82) is 0 Å². The van der Waals surface area contributed by atoms with Crippen LogP contribution in [0.4, 0.5) is 5.69 Å². The van der Waals surface area contributed by atoms with Crippen LogP contribution in [-0.4, -0.2) is 43.5 Å². The van der Waals surface area contributed by atoms with E-state index >= 15 is 0 Å². The Bertz CT molecular complexity index is 1070. The van der Waals surface area contributed by atoms with Crippen molar-refractivity contribution in [1.82, 2.24) is 0 Å². The van der Waals surface area contributed by atoms with Gasteiger partial charge in [-0.1, -0.05) is 6.07 Å². The van der Waals surface area contributed by atoms with Crippen LogP contribution in [0.1, 0.15) is 33.3 Å². The number of benzene rings is 2. The van der Waals surface area contributed by atoms with Crippen LogP contribution in [0.25, 0.3) is 6.08 Å². The van der Waals surface area contributed by atoms with E-state index in [1.165, 1.54) is 19.9 Å². The Kier molecular flexibility index (Phi) is 7.78. The van der Waals surface area contributed by atoms with Crippen molar-refractivity contribution in [3.63, 3.8) is 0 Å². The Morgan fingerprint density at radius 2 is 1.56 bits per heavy atom. The van der Waals surface area contributed by atoms with Gasteiger partial charge in [0, 0.05) is 19.5 Å². The molecule has 1 heterocycles. The molecule has 180 valence electrons. The van der Waals surface area contributed by atoms with Crippen LogP contribution in [0.5, 0.6) is 17.2 Å². The summed E-state index contributed by atoms with van der Waals surface area (Å²) in [6.07, 6.45) is 1.35. The summed E-state index contributed by atoms with van der Waals surface area (Å²) in [6, 6.07) is 11.8. The van der Waals surface area contributed by atoms with Crippen LogP contribution in [0, 0.1) is 0 Å². The van der Waals surface area contributed by atoms with Crippen LogP contribution in [0.15, 0.2) is 48.0 Å². The highest BCUT2D eigenvalue weighted by molar-refractivity contribution is 6.18. The van der Waals surface area contributed by atoms with Crippen LogP contribution >= 0.6 is 0 Å². The Morgan fingerprint density at radius 1 is 0.912 bits per heavy atom. The van der Waals surface area contributed by atoms with Crippen molar-refractivity contribution in [3.05, 3.63) is 53.6 Å². The highest BCUT2D eigenvalue weighted by Gasteiger charge is 2.38. The first-order chi connectivity index (χ1) is 16.2. The fourth-order valence-electron chi connectivity index (χ4n) is 3.09. The van der Waals surface area contributed by atoms with E-state index in [-0.39, 0.29) is 18.1 Å². The van der Waals surface area contributed by atoms with Crippen LogP contribution in [0.3, 0.4) is 0 Å². The van der Waals surface area contributed by atoms with Gasteiger partial charge in [0.1, 0.15) is 11.3 Å². The van der Waals surface area contributed by atoms with Crippen molar-refractivity contribution >= 4 is 29.6 Å². The molecular formula is C25H27NO8. The highest BCUT2D eigenvalue weighted by Crippen LogP contribution is 2.31. The molecule has 0 bridgehead atoms. The summed E-state index contributed by atoms with van der Waals surface area (Å²) < 4.78 is 26.8. The molecule has 1 fully saturated rings. The molecule has 1 saturated heterocycles. The molecule has 0 spiro atoms. The number of carbonyl (C=O) groups excluding carboxylic acids is 3. The van der Waals surface area contributed by atoms with Crippen molar-refractivity contribution < 1.29 is 38.1 Å². The summed E-state index contributed by atoms with van der Waals surface area (Å²) in [5.41, 5.74) is 0.877. The molecule has 1 aliphatic heterocycles. The van der Waals surface area contributed by atoms with Gasteiger partial charge in [-0.2, -0.15) is 0 Å². The first-order valence-corrected chi connectivity index (χ1v) is 10.8. The van der Waals surface area contributed by atoms with E-state index in [2.05, 4.69) is 5.32 Å². The standard InChI is InChI=1S/C25H27NO8/c1-5-30-18-10-8-17(9-11-18)26-22(27)15-32-20-12-7-16(14-21(20)31-6-2)13-19-23(28)33-25(3,4)34-24(19)29/h7-14H,5-6,15H2,1-4H3,(H,26,27). The zero-order valence-electron chi connectivity index (χ0n) is 19.5. The van der Waals surface area contributed by atoms with Gasteiger partial charge >= 0.3 is 11.9 Å². The molecule has 0 saturated carbocycles. The Morgan fingerprint density at radius 3 is 2.18 bits per heavy atom. The van der Waals surface area contributed by atoms with Gasteiger partial charge in [-0.25, -0.2) is 9.59 Å². The fourth-order valence-corrected chi connectivity index (χ4v) is 3.09. The molecule has 0 atom stereocenters. The van der Waals surface area contributed by atoms with E-state index in [4.69, 9.17) is 23.7 Å². The van der Waals surface area contributed by atoms with E-state index in [0.29, 0.717) is 41.7 Å². The number of hydrogen-bond acceptors (Lipinski definition) is 8. The van der Waals surface area contributed by atoms with Crippen LogP contribution < -0.4 is 19.5 Å². The highest BCUT2D eigenvalue weighted by atomic mass is 16.7. The molecule has 2 aromatic rings. The number of anilines is 1. The van der Waals surface area contributed by atoms with E-state index in [0.717, 1.165) is 0 Å². The lowest BCUT2D eigenvalue weighted by Crippen LogP contribution is -2.41. The lowest BCUT2D eigenvalue weighted by Gasteiger charge is -2.29. The molecule has 2 aromatic carbocycles. The minimum atomic E-state index is -1.31. The fraction of sp³-hybridized carbons (Fsp3) is 0.320. The average molecular weight is 469 g/mol. The van der Waals surface area contributed by atoms with Gasteiger partial charge in [-0.05, 0) is 61.9 Å². The topological polar surface area (TPSA) is 109 Å². The lowest BCUT2D eigenvalue weighted by atomic mass is 10.1. The number of cyclic esters (lactones) is 2. The van der Waals surface area contributed by atoms with Gasteiger partial charge in [-0.3, -0.25) is 4.79 Å². The predicted molar refractivity (Wildman–Crippen MR) is 124 cm³/mol. The van der Waals surface area contributed by atoms with Crippen molar-refractivity contribution in [2.24, 2.45) is 0 Å². The number of nitrogens with one attached hydrogen (secondary N) is 1. The third kappa shape index (κ3) is 6.50. The average Bonchev–Trinajstić information content (AvgIpc) is 2.77. The normalized spacial score (nSPS) is 14.5. The van der Waals surface area contributed by atoms with Crippen molar-refractivity contribution in [2.75, 3.05) is 25.1 Å². The molecule has 9 nitrogen and oxygen atoms in total. The summed E-state index contributed by atoms with van der Waals surface area (Å²) in [6.45, 7) is 7.30. The third-order valence-corrected chi connectivity index (χ3v) is 4.50. The maximum Gasteiger partial charge on any atom is 0.348 e. The molecule has 1 N–H and O–H groups in total. The molecule has 0 radical (unpaired) electrons. The van der Waals surface area contributed by atoms with Gasteiger partial charge in [-0.15, -0.1) is 0 Å². The first-order valence-electron chi connectivity index (χ1n) is 10.8. The van der Waals surface area contributed by atoms with Crippen LogP contribution in [-0.2, 0) is 23.9 Å². The summed E-state index contributed by atoms with van der Waals surface area (Å²) in [4.78, 5) is 36.7. The second-order valence-electron chi connectivity index (χ2n) is 7.67. The molecule has 0 unspecified atom stereocenters. The quantitative estimate of drug-likeness (QED) is 0.336. The third-order valence-electron chi connectivity index (χ3n) is 4.50.